The van der Waals surface area contributed by atoms with Gasteiger partial charge in [-0.05, 0) is 29.8 Å². The van der Waals surface area contributed by atoms with Gasteiger partial charge in [0.25, 0.3) is 5.56 Å². The van der Waals surface area contributed by atoms with E-state index in [1.165, 1.54) is 41.9 Å². The molecule has 0 unspecified atom stereocenters. The van der Waals surface area contributed by atoms with Crippen molar-refractivity contribution in [2.75, 3.05) is 0 Å². The van der Waals surface area contributed by atoms with Crippen molar-refractivity contribution in [2.24, 2.45) is 14.1 Å². The Kier molecular flexibility index (Phi) is 2.67. The van der Waals surface area contributed by atoms with Crippen molar-refractivity contribution in [1.29, 1.82) is 0 Å². The van der Waals surface area contributed by atoms with Crippen LogP contribution >= 0.6 is 0 Å². The van der Waals surface area contributed by atoms with Crippen molar-refractivity contribution in [3.63, 3.8) is 0 Å². The maximum atomic E-state index is 12.8. The third-order valence-electron chi connectivity index (χ3n) is 2.67. The van der Waals surface area contributed by atoms with Gasteiger partial charge < -0.3 is 0 Å². The summed E-state index contributed by atoms with van der Waals surface area (Å²) in [6.07, 6.45) is 0. The van der Waals surface area contributed by atoms with E-state index in [0.29, 0.717) is 11.3 Å². The van der Waals surface area contributed by atoms with Crippen molar-refractivity contribution < 1.29 is 4.39 Å². The molecule has 5 heteroatoms. The predicted octanol–water partition coefficient (Wildman–Crippen LogP) is 0.890. The van der Waals surface area contributed by atoms with Crippen LogP contribution in [0.1, 0.15) is 0 Å². The van der Waals surface area contributed by atoms with E-state index in [1.54, 1.807) is 7.05 Å². The van der Waals surface area contributed by atoms with Gasteiger partial charge >= 0.3 is 5.69 Å². The van der Waals surface area contributed by atoms with Gasteiger partial charge in [-0.15, -0.1) is 0 Å². The first kappa shape index (κ1) is 11.3. The quantitative estimate of drug-likeness (QED) is 0.735. The van der Waals surface area contributed by atoms with Gasteiger partial charge in [-0.1, -0.05) is 0 Å². The summed E-state index contributed by atoms with van der Waals surface area (Å²) < 4.78 is 15.2. The summed E-state index contributed by atoms with van der Waals surface area (Å²) in [5.74, 6) is -0.359. The second-order valence-corrected chi connectivity index (χ2v) is 3.78. The monoisotopic (exact) mass is 234 g/mol. The Balaban J connectivity index is 2.73. The zero-order valence-electron chi connectivity index (χ0n) is 9.48. The molecule has 0 saturated heterocycles. The smallest absolute Gasteiger partial charge is 0.296 e. The van der Waals surface area contributed by atoms with Crippen molar-refractivity contribution in [2.45, 2.75) is 0 Å². The third-order valence-corrected chi connectivity index (χ3v) is 2.67. The number of benzene rings is 1. The summed E-state index contributed by atoms with van der Waals surface area (Å²) in [5, 5.41) is 0. The van der Waals surface area contributed by atoms with Gasteiger partial charge in [-0.2, -0.15) is 0 Å². The highest BCUT2D eigenvalue weighted by Crippen LogP contribution is 2.15. The zero-order chi connectivity index (χ0) is 12.6. The molecule has 1 heterocycles. The second-order valence-electron chi connectivity index (χ2n) is 3.78. The van der Waals surface area contributed by atoms with Gasteiger partial charge in [0, 0.05) is 20.2 Å². The highest BCUT2D eigenvalue weighted by atomic mass is 19.1. The van der Waals surface area contributed by atoms with Crippen molar-refractivity contribution >= 4 is 0 Å². The van der Waals surface area contributed by atoms with E-state index in [1.807, 2.05) is 0 Å². The van der Waals surface area contributed by atoms with Crippen molar-refractivity contribution in [1.82, 2.24) is 9.13 Å². The molecule has 2 aromatic rings. The molecule has 0 aliphatic heterocycles. The SMILES string of the molecule is Cn1c(-c2ccc(F)cc2)cc(=O)n(C)c1=O. The van der Waals surface area contributed by atoms with Crippen LogP contribution in [0.15, 0.2) is 39.9 Å². The van der Waals surface area contributed by atoms with Gasteiger partial charge in [0.1, 0.15) is 5.82 Å². The lowest BCUT2D eigenvalue weighted by Gasteiger charge is -2.09. The molecule has 0 N–H and O–H groups in total. The first-order chi connectivity index (χ1) is 8.00. The minimum atomic E-state index is -0.406. The average Bonchev–Trinajstić information content (AvgIpc) is 2.32. The van der Waals surface area contributed by atoms with Gasteiger partial charge in [0.05, 0.1) is 5.69 Å². The summed E-state index contributed by atoms with van der Waals surface area (Å²) in [4.78, 5) is 23.2. The highest BCUT2D eigenvalue weighted by molar-refractivity contribution is 5.58. The van der Waals surface area contributed by atoms with Crippen LogP contribution < -0.4 is 11.2 Å². The molecule has 0 spiro atoms. The van der Waals surface area contributed by atoms with Crippen LogP contribution in [0.25, 0.3) is 11.3 Å². The number of aromatic nitrogens is 2. The minimum Gasteiger partial charge on any atom is -0.296 e. The summed E-state index contributed by atoms with van der Waals surface area (Å²) in [6, 6.07) is 7.00. The summed E-state index contributed by atoms with van der Waals surface area (Å²) in [5.41, 5.74) is 0.311. The molecule has 0 saturated carbocycles. The number of nitrogens with zero attached hydrogens (tertiary/aromatic N) is 2. The van der Waals surface area contributed by atoms with Gasteiger partial charge in [0.2, 0.25) is 0 Å². The van der Waals surface area contributed by atoms with Gasteiger partial charge in [-0.3, -0.25) is 13.9 Å². The van der Waals surface area contributed by atoms with E-state index >= 15 is 0 Å². The fraction of sp³-hybridized carbons (Fsp3) is 0.167. The van der Waals surface area contributed by atoms with Crippen LogP contribution in [-0.4, -0.2) is 9.13 Å². The maximum Gasteiger partial charge on any atom is 0.330 e. The Labute approximate surface area is 96.6 Å². The molecule has 17 heavy (non-hydrogen) atoms. The van der Waals surface area contributed by atoms with Crippen LogP contribution in [0.4, 0.5) is 4.39 Å². The third kappa shape index (κ3) is 1.91. The fourth-order valence-corrected chi connectivity index (χ4v) is 1.63. The lowest BCUT2D eigenvalue weighted by molar-refractivity contribution is 0.628. The molecule has 0 radical (unpaired) electrons. The number of halogens is 1. The molecule has 0 bridgehead atoms. The van der Waals surface area contributed by atoms with Crippen LogP contribution in [0.5, 0.6) is 0 Å². The zero-order valence-corrected chi connectivity index (χ0v) is 9.48. The Morgan fingerprint density at radius 3 is 2.18 bits per heavy atom. The number of hydrogen-bond donors (Lipinski definition) is 0. The Morgan fingerprint density at radius 2 is 1.59 bits per heavy atom. The van der Waals surface area contributed by atoms with E-state index in [4.69, 9.17) is 0 Å². The van der Waals surface area contributed by atoms with Crippen molar-refractivity contribution in [3.8, 4) is 11.3 Å². The Bertz CT molecular complexity index is 668. The molecular formula is C12H11FN2O2. The summed E-state index contributed by atoms with van der Waals surface area (Å²) >= 11 is 0. The van der Waals surface area contributed by atoms with E-state index in [-0.39, 0.29) is 11.4 Å². The lowest BCUT2D eigenvalue weighted by atomic mass is 10.1. The topological polar surface area (TPSA) is 44.0 Å². The summed E-state index contributed by atoms with van der Waals surface area (Å²) in [7, 11) is 2.99. The van der Waals surface area contributed by atoms with Crippen LogP contribution in [0.2, 0.25) is 0 Å². The van der Waals surface area contributed by atoms with E-state index in [9.17, 15) is 14.0 Å². The molecule has 2 rings (SSSR count). The highest BCUT2D eigenvalue weighted by Gasteiger charge is 2.07. The number of rotatable bonds is 1. The van der Waals surface area contributed by atoms with Crippen LogP contribution in [-0.2, 0) is 14.1 Å². The largest absolute Gasteiger partial charge is 0.330 e. The standard InChI is InChI=1S/C12H11FN2O2/c1-14-10(7-11(16)15(2)12(14)17)8-3-5-9(13)6-4-8/h3-7H,1-2H3. The Morgan fingerprint density at radius 1 is 1.00 bits per heavy atom. The molecule has 0 fully saturated rings. The molecule has 4 nitrogen and oxygen atoms in total. The molecule has 1 aromatic heterocycles. The molecule has 88 valence electrons. The molecular weight excluding hydrogens is 223 g/mol. The molecule has 1 aromatic carbocycles. The van der Waals surface area contributed by atoms with Gasteiger partial charge in [0.15, 0.2) is 0 Å². The van der Waals surface area contributed by atoms with Crippen molar-refractivity contribution in [3.05, 3.63) is 57.0 Å². The summed E-state index contributed by atoms with van der Waals surface area (Å²) in [6.45, 7) is 0. The molecule has 0 atom stereocenters. The van der Waals surface area contributed by atoms with Gasteiger partial charge in [-0.25, -0.2) is 9.18 Å². The number of hydrogen-bond acceptors (Lipinski definition) is 2. The fourth-order valence-electron chi connectivity index (χ4n) is 1.63. The first-order valence-electron chi connectivity index (χ1n) is 5.03. The van der Waals surface area contributed by atoms with Crippen LogP contribution in [0, 0.1) is 5.82 Å². The van der Waals surface area contributed by atoms with E-state index in [2.05, 4.69) is 0 Å². The maximum absolute atomic E-state index is 12.8. The average molecular weight is 234 g/mol. The Hall–Kier alpha value is -2.17. The normalized spacial score (nSPS) is 10.5. The molecule has 0 amide bonds. The second kappa shape index (κ2) is 4.01. The van der Waals surface area contributed by atoms with Crippen LogP contribution in [0.3, 0.4) is 0 Å². The predicted molar refractivity (Wildman–Crippen MR) is 62.3 cm³/mol. The molecule has 0 aliphatic rings. The molecule has 0 aliphatic carbocycles. The lowest BCUT2D eigenvalue weighted by Crippen LogP contribution is -2.36. The first-order valence-corrected chi connectivity index (χ1v) is 5.03. The van der Waals surface area contributed by atoms with E-state index < -0.39 is 5.69 Å². The van der Waals surface area contributed by atoms with E-state index in [0.717, 1.165) is 4.57 Å². The minimum absolute atomic E-state index is 0.359.